The zero-order chi connectivity index (χ0) is 20.6. The molecule has 0 saturated carbocycles. The van der Waals surface area contributed by atoms with Crippen LogP contribution in [0.1, 0.15) is 48.0 Å². The van der Waals surface area contributed by atoms with Gasteiger partial charge in [-0.05, 0) is 68.6 Å². The third kappa shape index (κ3) is 4.32. The van der Waals surface area contributed by atoms with Gasteiger partial charge >= 0.3 is 11.9 Å². The van der Waals surface area contributed by atoms with Gasteiger partial charge in [-0.2, -0.15) is 0 Å². The molecule has 0 aromatic rings. The third-order valence-electron chi connectivity index (χ3n) is 4.46. The first kappa shape index (κ1) is 20.6. The van der Waals surface area contributed by atoms with Crippen molar-refractivity contribution in [2.24, 2.45) is 0 Å². The van der Waals surface area contributed by atoms with E-state index in [2.05, 4.69) is 0 Å². The Balaban J connectivity index is 2.39. The molecule has 0 amide bonds. The molecule has 0 bridgehead atoms. The zero-order valence-corrected chi connectivity index (χ0v) is 16.5. The molecule has 2 aliphatic rings. The average Bonchev–Trinajstić information content (AvgIpc) is 2.48. The minimum absolute atomic E-state index is 0.272. The van der Waals surface area contributed by atoms with Crippen LogP contribution in [0.15, 0.2) is 46.6 Å². The largest absolute Gasteiger partial charge is 0.447 e. The first-order chi connectivity index (χ1) is 12.4. The molecule has 0 N–H and O–H groups in total. The molecule has 0 fully saturated rings. The van der Waals surface area contributed by atoms with Gasteiger partial charge in [0.1, 0.15) is 0 Å². The van der Waals surface area contributed by atoms with Crippen LogP contribution in [0.25, 0.3) is 0 Å². The predicted molar refractivity (Wildman–Crippen MR) is 98.7 cm³/mol. The topological polar surface area (TPSA) is 86.7 Å². The fraction of sp³-hybridized carbons (Fsp3) is 0.429. The first-order valence-corrected chi connectivity index (χ1v) is 8.65. The van der Waals surface area contributed by atoms with Crippen LogP contribution < -0.4 is 0 Å². The molecular formula is C21H24O6. The highest BCUT2D eigenvalue weighted by Crippen LogP contribution is 2.33. The van der Waals surface area contributed by atoms with Crippen LogP contribution in [0, 0.1) is 0 Å². The van der Waals surface area contributed by atoms with Gasteiger partial charge in [-0.25, -0.2) is 0 Å². The number of esters is 2. The molecule has 0 aromatic heterocycles. The summed E-state index contributed by atoms with van der Waals surface area (Å²) in [5.74, 6) is -1.63. The molecule has 0 aromatic carbocycles. The molecule has 0 aliphatic heterocycles. The number of carbonyl (C=O) groups excluding carboxylic acids is 4. The van der Waals surface area contributed by atoms with Crippen molar-refractivity contribution in [2.75, 3.05) is 0 Å². The van der Waals surface area contributed by atoms with Crippen LogP contribution in [0.3, 0.4) is 0 Å². The molecule has 0 radical (unpaired) electrons. The van der Waals surface area contributed by atoms with Crippen LogP contribution >= 0.6 is 0 Å². The van der Waals surface area contributed by atoms with Crippen molar-refractivity contribution in [3.8, 4) is 0 Å². The minimum atomic E-state index is -1.36. The predicted octanol–water partition coefficient (Wildman–Crippen LogP) is 2.93. The van der Waals surface area contributed by atoms with Gasteiger partial charge in [-0.15, -0.1) is 0 Å². The molecule has 144 valence electrons. The summed E-state index contributed by atoms with van der Waals surface area (Å²) in [6.45, 7) is 8.95. The van der Waals surface area contributed by atoms with Crippen molar-refractivity contribution in [3.63, 3.8) is 0 Å². The Bertz CT molecular complexity index is 784. The molecule has 0 heterocycles. The van der Waals surface area contributed by atoms with E-state index in [-0.39, 0.29) is 11.6 Å². The molecule has 6 heteroatoms. The molecule has 2 atom stereocenters. The Morgan fingerprint density at radius 2 is 1.15 bits per heavy atom. The van der Waals surface area contributed by atoms with E-state index in [4.69, 9.17) is 9.47 Å². The van der Waals surface area contributed by atoms with E-state index < -0.39 is 23.1 Å². The van der Waals surface area contributed by atoms with Gasteiger partial charge in [0.2, 0.25) is 11.6 Å². The van der Waals surface area contributed by atoms with E-state index in [9.17, 15) is 19.2 Å². The Labute approximate surface area is 158 Å². The quantitative estimate of drug-likeness (QED) is 0.705. The molecule has 2 aliphatic carbocycles. The number of hydrogen-bond acceptors (Lipinski definition) is 6. The summed E-state index contributed by atoms with van der Waals surface area (Å²) in [4.78, 5) is 47.6. The fourth-order valence-corrected chi connectivity index (χ4v) is 3.58. The number of allylic oxidation sites excluding steroid dienone is 4. The molecular weight excluding hydrogens is 348 g/mol. The van der Waals surface area contributed by atoms with E-state index in [0.29, 0.717) is 17.6 Å². The normalized spacial score (nSPS) is 27.9. The second kappa shape index (κ2) is 7.10. The van der Waals surface area contributed by atoms with Gasteiger partial charge in [0.25, 0.3) is 0 Å². The molecule has 6 nitrogen and oxygen atoms in total. The number of rotatable bonds is 4. The Hall–Kier alpha value is -2.76. The van der Waals surface area contributed by atoms with E-state index in [1.54, 1.807) is 52.0 Å². The maximum absolute atomic E-state index is 12.4. The van der Waals surface area contributed by atoms with Gasteiger partial charge in [0.15, 0.2) is 11.2 Å². The first-order valence-electron chi connectivity index (χ1n) is 8.65. The lowest BCUT2D eigenvalue weighted by Crippen LogP contribution is -2.41. The van der Waals surface area contributed by atoms with Crippen molar-refractivity contribution >= 4 is 23.5 Å². The van der Waals surface area contributed by atoms with Crippen LogP contribution in [-0.2, 0) is 28.7 Å². The lowest BCUT2D eigenvalue weighted by Gasteiger charge is -2.31. The van der Waals surface area contributed by atoms with Gasteiger partial charge < -0.3 is 9.47 Å². The van der Waals surface area contributed by atoms with Crippen LogP contribution in [0.5, 0.6) is 0 Å². The van der Waals surface area contributed by atoms with Crippen molar-refractivity contribution < 1.29 is 28.7 Å². The van der Waals surface area contributed by atoms with Crippen molar-refractivity contribution in [2.45, 2.75) is 59.2 Å². The third-order valence-corrected chi connectivity index (χ3v) is 4.46. The standard InChI is InChI=1S/C21H24O6/c1-12-7-16(10-20(5,18(12)24)26-14(3)22)9-17-8-13(2)19(25)21(6,11-17)27-15(4)23/h7-8,10-11H,9H2,1-6H3. The molecule has 0 spiro atoms. The Kier molecular flexibility index (Phi) is 5.40. The number of carbonyl (C=O) groups is 4. The van der Waals surface area contributed by atoms with E-state index in [1.165, 1.54) is 13.8 Å². The molecule has 0 saturated heterocycles. The number of ketones is 2. The van der Waals surface area contributed by atoms with E-state index in [1.807, 2.05) is 0 Å². The van der Waals surface area contributed by atoms with E-state index in [0.717, 1.165) is 11.1 Å². The second-order valence-electron chi connectivity index (χ2n) is 7.33. The minimum Gasteiger partial charge on any atom is -0.447 e. The molecule has 2 rings (SSSR count). The van der Waals surface area contributed by atoms with Crippen LogP contribution in [-0.4, -0.2) is 34.7 Å². The smallest absolute Gasteiger partial charge is 0.303 e. The monoisotopic (exact) mass is 372 g/mol. The average molecular weight is 372 g/mol. The summed E-state index contributed by atoms with van der Waals surface area (Å²) in [7, 11) is 0. The number of hydrogen-bond donors (Lipinski definition) is 0. The highest BCUT2D eigenvalue weighted by molar-refractivity contribution is 6.06. The molecule has 27 heavy (non-hydrogen) atoms. The Morgan fingerprint density at radius 1 is 0.815 bits per heavy atom. The summed E-state index contributed by atoms with van der Waals surface area (Å²) in [6.07, 6.45) is 7.10. The van der Waals surface area contributed by atoms with Gasteiger partial charge in [-0.1, -0.05) is 12.2 Å². The summed E-state index contributed by atoms with van der Waals surface area (Å²) < 4.78 is 10.5. The highest BCUT2D eigenvalue weighted by atomic mass is 16.6. The lowest BCUT2D eigenvalue weighted by atomic mass is 9.81. The molecule has 2 unspecified atom stereocenters. The van der Waals surface area contributed by atoms with Crippen molar-refractivity contribution in [1.29, 1.82) is 0 Å². The van der Waals surface area contributed by atoms with E-state index >= 15 is 0 Å². The van der Waals surface area contributed by atoms with Gasteiger partial charge in [0, 0.05) is 13.8 Å². The van der Waals surface area contributed by atoms with Crippen molar-refractivity contribution in [3.05, 3.63) is 46.6 Å². The number of ether oxygens (including phenoxy) is 2. The number of Topliss-reactive ketones (excluding diaryl/α,β-unsaturated/α-hetero) is 2. The lowest BCUT2D eigenvalue weighted by molar-refractivity contribution is -0.157. The fourth-order valence-electron chi connectivity index (χ4n) is 3.58. The van der Waals surface area contributed by atoms with Crippen LogP contribution in [0.2, 0.25) is 0 Å². The summed E-state index contributed by atoms with van der Waals surface area (Å²) in [5, 5.41) is 0. The Morgan fingerprint density at radius 3 is 1.44 bits per heavy atom. The maximum Gasteiger partial charge on any atom is 0.303 e. The summed E-state index contributed by atoms with van der Waals surface area (Å²) in [6, 6.07) is 0. The van der Waals surface area contributed by atoms with Gasteiger partial charge in [0.05, 0.1) is 0 Å². The second-order valence-corrected chi connectivity index (χ2v) is 7.33. The van der Waals surface area contributed by atoms with Gasteiger partial charge in [-0.3, -0.25) is 19.2 Å². The zero-order valence-electron chi connectivity index (χ0n) is 16.5. The van der Waals surface area contributed by atoms with Crippen molar-refractivity contribution in [1.82, 2.24) is 0 Å². The summed E-state index contributed by atoms with van der Waals surface area (Å²) >= 11 is 0. The highest BCUT2D eigenvalue weighted by Gasteiger charge is 2.40. The SMILES string of the molecule is CC(=O)OC1(C)C=C(CC2=CC(C)(OC(C)=O)C(=O)C(C)=C2)C=C(C)C1=O. The maximum atomic E-state index is 12.4. The van der Waals surface area contributed by atoms with Crippen LogP contribution in [0.4, 0.5) is 0 Å². The summed E-state index contributed by atoms with van der Waals surface area (Å²) in [5.41, 5.74) is -0.220.